The van der Waals surface area contributed by atoms with Crippen molar-refractivity contribution in [2.24, 2.45) is 0 Å². The van der Waals surface area contributed by atoms with Crippen LogP contribution in [0.2, 0.25) is 0 Å². The Bertz CT molecular complexity index is 1390. The summed E-state index contributed by atoms with van der Waals surface area (Å²) in [6.45, 7) is 0.814. The number of para-hydroxylation sites is 1. The van der Waals surface area contributed by atoms with Gasteiger partial charge in [0.05, 0.1) is 5.75 Å². The molecule has 0 fully saturated rings. The summed E-state index contributed by atoms with van der Waals surface area (Å²) in [6.07, 6.45) is 0. The minimum atomic E-state index is -0.111. The van der Waals surface area contributed by atoms with E-state index in [1.165, 1.54) is 11.8 Å². The lowest BCUT2D eigenvalue weighted by atomic mass is 10.2. The summed E-state index contributed by atoms with van der Waals surface area (Å²) < 4.78 is 23.6. The molecule has 3 aromatic carbocycles. The molecule has 1 aromatic heterocycles. The van der Waals surface area contributed by atoms with Crippen molar-refractivity contribution in [1.29, 1.82) is 0 Å². The molecule has 0 bridgehead atoms. The standard InChI is InChI=1S/C25H20N4O5S/c30-23(26-12-16-6-8-19-21(10-16)33-14-31-19)13-35-25-28-27-24(29(25)18-4-2-1-3-5-18)17-7-9-20-22(11-17)34-15-32-20/h1-11H,12-15H2,(H,26,30). The summed E-state index contributed by atoms with van der Waals surface area (Å²) in [7, 11) is 0. The van der Waals surface area contributed by atoms with Crippen LogP contribution >= 0.6 is 11.8 Å². The highest BCUT2D eigenvalue weighted by atomic mass is 32.2. The Morgan fingerprint density at radius 3 is 2.37 bits per heavy atom. The van der Waals surface area contributed by atoms with Gasteiger partial charge in [-0.25, -0.2) is 0 Å². The number of hydrogen-bond acceptors (Lipinski definition) is 8. The molecule has 1 N–H and O–H groups in total. The van der Waals surface area contributed by atoms with Crippen molar-refractivity contribution in [1.82, 2.24) is 20.1 Å². The van der Waals surface area contributed by atoms with E-state index in [-0.39, 0.29) is 25.2 Å². The highest BCUT2D eigenvalue weighted by Gasteiger charge is 2.21. The molecule has 0 saturated carbocycles. The summed E-state index contributed by atoms with van der Waals surface area (Å²) in [5.74, 6) is 3.51. The number of amides is 1. The van der Waals surface area contributed by atoms with E-state index in [4.69, 9.17) is 18.9 Å². The SMILES string of the molecule is O=C(CSc1nnc(-c2ccc3c(c2)OCO3)n1-c1ccccc1)NCc1ccc2c(c1)OCO2. The van der Waals surface area contributed by atoms with Gasteiger partial charge >= 0.3 is 0 Å². The van der Waals surface area contributed by atoms with Gasteiger partial charge < -0.3 is 24.3 Å². The monoisotopic (exact) mass is 488 g/mol. The van der Waals surface area contributed by atoms with Gasteiger partial charge in [-0.2, -0.15) is 0 Å². The van der Waals surface area contributed by atoms with Crippen molar-refractivity contribution in [3.63, 3.8) is 0 Å². The Labute approximate surface area is 205 Å². The zero-order valence-electron chi connectivity index (χ0n) is 18.5. The lowest BCUT2D eigenvalue weighted by Gasteiger charge is -2.11. The normalized spacial score (nSPS) is 13.1. The number of nitrogens with zero attached hydrogens (tertiary/aromatic N) is 3. The molecule has 3 heterocycles. The molecule has 1 amide bonds. The molecule has 10 heteroatoms. The van der Waals surface area contributed by atoms with Gasteiger partial charge in [-0.3, -0.25) is 9.36 Å². The third-order valence-electron chi connectivity index (χ3n) is 5.54. The number of rotatable bonds is 7. The fourth-order valence-corrected chi connectivity index (χ4v) is 4.61. The van der Waals surface area contributed by atoms with Gasteiger partial charge in [-0.1, -0.05) is 36.0 Å². The van der Waals surface area contributed by atoms with Crippen LogP contribution in [0.5, 0.6) is 23.0 Å². The first-order chi connectivity index (χ1) is 17.2. The zero-order chi connectivity index (χ0) is 23.6. The van der Waals surface area contributed by atoms with Crippen LogP contribution in [-0.4, -0.2) is 40.0 Å². The Kier molecular flexibility index (Phi) is 5.63. The number of hydrogen-bond donors (Lipinski definition) is 1. The van der Waals surface area contributed by atoms with Crippen LogP contribution in [0.25, 0.3) is 17.1 Å². The molecular formula is C25H20N4O5S. The number of benzene rings is 3. The largest absolute Gasteiger partial charge is 0.454 e. The van der Waals surface area contributed by atoms with Gasteiger partial charge in [0.2, 0.25) is 19.5 Å². The zero-order valence-corrected chi connectivity index (χ0v) is 19.3. The van der Waals surface area contributed by atoms with Crippen molar-refractivity contribution >= 4 is 17.7 Å². The smallest absolute Gasteiger partial charge is 0.231 e. The predicted molar refractivity (Wildman–Crippen MR) is 128 cm³/mol. The first-order valence-corrected chi connectivity index (χ1v) is 11.9. The molecule has 9 nitrogen and oxygen atoms in total. The second kappa shape index (κ2) is 9.22. The highest BCUT2D eigenvalue weighted by Crippen LogP contribution is 2.37. The lowest BCUT2D eigenvalue weighted by Crippen LogP contribution is -2.24. The molecule has 0 aliphatic carbocycles. The summed E-state index contributed by atoms with van der Waals surface area (Å²) in [5, 5.41) is 12.4. The van der Waals surface area contributed by atoms with Crippen LogP contribution in [0, 0.1) is 0 Å². The summed E-state index contributed by atoms with van der Waals surface area (Å²) in [4.78, 5) is 12.6. The van der Waals surface area contributed by atoms with Crippen molar-refractivity contribution in [2.45, 2.75) is 11.7 Å². The molecule has 6 rings (SSSR count). The topological polar surface area (TPSA) is 96.7 Å². The number of aromatic nitrogens is 3. The third kappa shape index (κ3) is 4.35. The minimum Gasteiger partial charge on any atom is -0.454 e. The summed E-state index contributed by atoms with van der Waals surface area (Å²) in [5.41, 5.74) is 2.67. The van der Waals surface area contributed by atoms with E-state index in [1.54, 1.807) is 0 Å². The Hall–Kier alpha value is -4.18. The molecule has 2 aliphatic heterocycles. The Morgan fingerprint density at radius 1 is 0.857 bits per heavy atom. The van der Waals surface area contributed by atoms with Crippen molar-refractivity contribution in [3.8, 4) is 40.1 Å². The molecule has 0 spiro atoms. The number of thioether (sulfide) groups is 1. The molecule has 2 aliphatic rings. The highest BCUT2D eigenvalue weighted by molar-refractivity contribution is 7.99. The van der Waals surface area contributed by atoms with Gasteiger partial charge in [0.15, 0.2) is 34.0 Å². The molecule has 4 aromatic rings. The maximum atomic E-state index is 12.6. The van der Waals surface area contributed by atoms with E-state index < -0.39 is 0 Å². The van der Waals surface area contributed by atoms with Gasteiger partial charge in [0, 0.05) is 17.8 Å². The van der Waals surface area contributed by atoms with E-state index in [0.717, 1.165) is 16.8 Å². The molecule has 176 valence electrons. The summed E-state index contributed by atoms with van der Waals surface area (Å²) in [6, 6.07) is 21.1. The average Bonchev–Trinajstić information content (AvgIpc) is 3.65. The van der Waals surface area contributed by atoms with E-state index in [9.17, 15) is 4.79 Å². The molecule has 35 heavy (non-hydrogen) atoms. The van der Waals surface area contributed by atoms with Gasteiger partial charge in [-0.15, -0.1) is 10.2 Å². The van der Waals surface area contributed by atoms with Crippen LogP contribution in [0.15, 0.2) is 71.9 Å². The van der Waals surface area contributed by atoms with E-state index in [1.807, 2.05) is 71.3 Å². The number of nitrogens with one attached hydrogen (secondary N) is 1. The van der Waals surface area contributed by atoms with Crippen LogP contribution in [0.1, 0.15) is 5.56 Å². The summed E-state index contributed by atoms with van der Waals surface area (Å²) >= 11 is 1.32. The maximum absolute atomic E-state index is 12.6. The molecule has 0 unspecified atom stereocenters. The second-order valence-electron chi connectivity index (χ2n) is 7.80. The molecule has 0 radical (unpaired) electrons. The number of carbonyl (C=O) groups excluding carboxylic acids is 1. The number of carbonyl (C=O) groups is 1. The van der Waals surface area contributed by atoms with Crippen LogP contribution < -0.4 is 24.3 Å². The predicted octanol–water partition coefficient (Wildman–Crippen LogP) is 3.80. The third-order valence-corrected chi connectivity index (χ3v) is 6.47. The molecule has 0 saturated heterocycles. The fourth-order valence-electron chi connectivity index (χ4n) is 3.83. The lowest BCUT2D eigenvalue weighted by molar-refractivity contribution is -0.118. The van der Waals surface area contributed by atoms with E-state index in [0.29, 0.717) is 40.5 Å². The number of fused-ring (bicyclic) bond motifs is 2. The van der Waals surface area contributed by atoms with Gasteiger partial charge in [0.1, 0.15) is 0 Å². The van der Waals surface area contributed by atoms with Crippen LogP contribution in [-0.2, 0) is 11.3 Å². The maximum Gasteiger partial charge on any atom is 0.231 e. The Balaban J connectivity index is 1.19. The fraction of sp³-hybridized carbons (Fsp3) is 0.160. The second-order valence-corrected chi connectivity index (χ2v) is 8.74. The van der Waals surface area contributed by atoms with Crippen molar-refractivity contribution in [3.05, 3.63) is 72.3 Å². The van der Waals surface area contributed by atoms with Crippen LogP contribution in [0.4, 0.5) is 0 Å². The van der Waals surface area contributed by atoms with E-state index >= 15 is 0 Å². The molecular weight excluding hydrogens is 468 g/mol. The van der Waals surface area contributed by atoms with Crippen LogP contribution in [0.3, 0.4) is 0 Å². The van der Waals surface area contributed by atoms with Gasteiger partial charge in [0.25, 0.3) is 0 Å². The quantitative estimate of drug-likeness (QED) is 0.393. The number of ether oxygens (including phenoxy) is 4. The average molecular weight is 489 g/mol. The van der Waals surface area contributed by atoms with Crippen molar-refractivity contribution in [2.75, 3.05) is 19.3 Å². The van der Waals surface area contributed by atoms with E-state index in [2.05, 4.69) is 15.5 Å². The van der Waals surface area contributed by atoms with Gasteiger partial charge in [-0.05, 0) is 48.0 Å². The molecule has 0 atom stereocenters. The first-order valence-electron chi connectivity index (χ1n) is 10.9. The Morgan fingerprint density at radius 2 is 1.57 bits per heavy atom. The first kappa shape index (κ1) is 21.4. The van der Waals surface area contributed by atoms with Crippen molar-refractivity contribution < 1.29 is 23.7 Å². The minimum absolute atomic E-state index is 0.111.